The molecule has 3 aliphatic rings. The molecule has 0 unspecified atom stereocenters. The van der Waals surface area contributed by atoms with E-state index < -0.39 is 11.7 Å². The lowest BCUT2D eigenvalue weighted by Gasteiger charge is -2.38. The topological polar surface area (TPSA) is 43.2 Å². The van der Waals surface area contributed by atoms with Crippen molar-refractivity contribution in [1.82, 2.24) is 19.7 Å². The first-order valence-electron chi connectivity index (χ1n) is 11.2. The molecule has 0 aromatic carbocycles. The molecule has 0 bridgehead atoms. The van der Waals surface area contributed by atoms with Gasteiger partial charge in [0.15, 0.2) is 0 Å². The van der Waals surface area contributed by atoms with Crippen molar-refractivity contribution < 1.29 is 17.9 Å². The minimum absolute atomic E-state index is 0.152. The van der Waals surface area contributed by atoms with E-state index in [0.717, 1.165) is 37.7 Å². The fourth-order valence-electron chi connectivity index (χ4n) is 5.75. The number of hydrogen-bond donors (Lipinski definition) is 0. The van der Waals surface area contributed by atoms with E-state index in [1.165, 1.54) is 19.0 Å². The molecule has 0 amide bonds. The Morgan fingerprint density at radius 1 is 1.13 bits per heavy atom. The second kappa shape index (κ2) is 7.59. The highest BCUT2D eigenvalue weighted by Gasteiger charge is 2.59. The predicted octanol–water partition coefficient (Wildman–Crippen LogP) is 4.76. The summed E-state index contributed by atoms with van der Waals surface area (Å²) in [7, 11) is 0. The molecule has 2 saturated carbocycles. The summed E-state index contributed by atoms with van der Waals surface area (Å²) >= 11 is 0. The van der Waals surface area contributed by atoms with Crippen LogP contribution in [0.3, 0.4) is 0 Å². The largest absolute Gasteiger partial charge is 0.417 e. The van der Waals surface area contributed by atoms with E-state index in [2.05, 4.69) is 30.7 Å². The molecule has 3 atom stereocenters. The van der Waals surface area contributed by atoms with Crippen molar-refractivity contribution in [3.8, 4) is 11.3 Å². The molecule has 168 valence electrons. The third-order valence-electron chi connectivity index (χ3n) is 7.26. The van der Waals surface area contributed by atoms with Gasteiger partial charge in [-0.1, -0.05) is 0 Å². The number of hydrogen-bond acceptors (Lipinski definition) is 4. The number of pyridine rings is 1. The van der Waals surface area contributed by atoms with Gasteiger partial charge in [-0.2, -0.15) is 18.3 Å². The zero-order chi connectivity index (χ0) is 21.9. The molecule has 0 spiro atoms. The molecule has 1 saturated heterocycles. The number of ether oxygens (including phenoxy) is 1. The molecule has 5 rings (SSSR count). The van der Waals surface area contributed by atoms with Gasteiger partial charge in [0.2, 0.25) is 0 Å². The van der Waals surface area contributed by atoms with Crippen LogP contribution in [-0.4, -0.2) is 51.5 Å². The van der Waals surface area contributed by atoms with Crippen LogP contribution in [0.1, 0.15) is 56.8 Å². The maximum Gasteiger partial charge on any atom is 0.417 e. The Bertz CT molecular complexity index is 945. The third-order valence-corrected chi connectivity index (χ3v) is 7.26. The van der Waals surface area contributed by atoms with E-state index >= 15 is 0 Å². The van der Waals surface area contributed by atoms with Gasteiger partial charge in [-0.3, -0.25) is 14.6 Å². The number of aromatic nitrogens is 3. The molecule has 2 aromatic heterocycles. The lowest BCUT2D eigenvalue weighted by atomic mass is 10.0. The van der Waals surface area contributed by atoms with E-state index in [0.29, 0.717) is 41.1 Å². The maximum atomic E-state index is 13.1. The Balaban J connectivity index is 1.37. The molecular formula is C23H29F3N4O. The lowest BCUT2D eigenvalue weighted by Crippen LogP contribution is -2.49. The molecule has 31 heavy (non-hydrogen) atoms. The zero-order valence-electron chi connectivity index (χ0n) is 18.1. The second-order valence-electron chi connectivity index (χ2n) is 9.59. The summed E-state index contributed by atoms with van der Waals surface area (Å²) in [5.74, 6) is 1.73. The quantitative estimate of drug-likeness (QED) is 0.696. The molecule has 1 aliphatic heterocycles. The first kappa shape index (κ1) is 20.9. The summed E-state index contributed by atoms with van der Waals surface area (Å²) < 4.78 is 47.0. The van der Waals surface area contributed by atoms with Crippen LogP contribution < -0.4 is 0 Å². The number of fused-ring (bicyclic) bond motifs is 1. The summed E-state index contributed by atoms with van der Waals surface area (Å²) in [5.41, 5.74) is 1.41. The first-order chi connectivity index (χ1) is 14.7. The minimum Gasteiger partial charge on any atom is -0.379 e. The third kappa shape index (κ3) is 3.78. The van der Waals surface area contributed by atoms with E-state index in [1.54, 1.807) is 0 Å². The SMILES string of the molecule is CC(C)n1nc(-c2cncc(C(F)(F)F)c2)cc1C1[C@H]2CC(N3CCOC[C@@H]3C)C[C@H]12. The van der Waals surface area contributed by atoms with E-state index in [9.17, 15) is 13.2 Å². The Hall–Kier alpha value is -1.93. The van der Waals surface area contributed by atoms with E-state index in [-0.39, 0.29) is 6.04 Å². The summed E-state index contributed by atoms with van der Waals surface area (Å²) in [5, 5.41) is 4.69. The van der Waals surface area contributed by atoms with E-state index in [1.807, 2.05) is 10.7 Å². The monoisotopic (exact) mass is 434 g/mol. The second-order valence-corrected chi connectivity index (χ2v) is 9.59. The highest BCUT2D eigenvalue weighted by atomic mass is 19.4. The lowest BCUT2D eigenvalue weighted by molar-refractivity contribution is -0.137. The van der Waals surface area contributed by atoms with Crippen molar-refractivity contribution in [2.45, 2.75) is 63.8 Å². The van der Waals surface area contributed by atoms with Crippen LogP contribution in [0.15, 0.2) is 24.5 Å². The molecule has 5 nitrogen and oxygen atoms in total. The van der Waals surface area contributed by atoms with Gasteiger partial charge in [-0.05, 0) is 57.6 Å². The highest BCUT2D eigenvalue weighted by molar-refractivity contribution is 5.60. The van der Waals surface area contributed by atoms with Gasteiger partial charge in [0.1, 0.15) is 0 Å². The Morgan fingerprint density at radius 2 is 1.87 bits per heavy atom. The normalized spacial score (nSPS) is 29.5. The van der Waals surface area contributed by atoms with Crippen molar-refractivity contribution in [2.24, 2.45) is 11.8 Å². The van der Waals surface area contributed by atoms with Crippen molar-refractivity contribution in [1.29, 1.82) is 0 Å². The standard InChI is InChI=1S/C23H29F3N4O/c1-13(2)30-21(9-20(28-30)15-6-16(11-27-10-15)23(24,25)26)22-18-7-17(8-19(18)22)29-4-5-31-12-14(29)3/h6,9-11,13-14,17-19,22H,4-5,7-8,12H2,1-3H3/t14-,17?,18-,19-,22?/m0/s1. The number of nitrogens with zero attached hydrogens (tertiary/aromatic N) is 4. The fourth-order valence-corrected chi connectivity index (χ4v) is 5.75. The van der Waals surface area contributed by atoms with Crippen molar-refractivity contribution >= 4 is 0 Å². The van der Waals surface area contributed by atoms with E-state index in [4.69, 9.17) is 9.84 Å². The molecule has 3 fully saturated rings. The van der Waals surface area contributed by atoms with Crippen LogP contribution in [0.25, 0.3) is 11.3 Å². The van der Waals surface area contributed by atoms with Gasteiger partial charge in [-0.15, -0.1) is 0 Å². The van der Waals surface area contributed by atoms with Gasteiger partial charge < -0.3 is 4.74 Å². The van der Waals surface area contributed by atoms with Gasteiger partial charge in [0, 0.05) is 54.2 Å². The molecule has 2 aliphatic carbocycles. The average molecular weight is 435 g/mol. The number of morpholine rings is 1. The van der Waals surface area contributed by atoms with Gasteiger partial charge in [0.25, 0.3) is 0 Å². The van der Waals surface area contributed by atoms with Crippen molar-refractivity contribution in [3.05, 3.63) is 35.8 Å². The van der Waals surface area contributed by atoms with Crippen LogP contribution in [0.5, 0.6) is 0 Å². The number of alkyl halides is 3. The molecule has 0 radical (unpaired) electrons. The van der Waals surface area contributed by atoms with Crippen LogP contribution >= 0.6 is 0 Å². The maximum absolute atomic E-state index is 13.1. The Labute approximate surface area is 180 Å². The van der Waals surface area contributed by atoms with Gasteiger partial charge in [-0.25, -0.2) is 0 Å². The van der Waals surface area contributed by atoms with Gasteiger partial charge in [0.05, 0.1) is 24.5 Å². The van der Waals surface area contributed by atoms with Crippen LogP contribution in [0.4, 0.5) is 13.2 Å². The summed E-state index contributed by atoms with van der Waals surface area (Å²) in [6.07, 6.45) is 0.288. The molecular weight excluding hydrogens is 405 g/mol. The van der Waals surface area contributed by atoms with Gasteiger partial charge >= 0.3 is 6.18 Å². The van der Waals surface area contributed by atoms with Crippen molar-refractivity contribution in [2.75, 3.05) is 19.8 Å². The average Bonchev–Trinajstić information content (AvgIpc) is 3.09. The zero-order valence-corrected chi connectivity index (χ0v) is 18.1. The molecule has 3 heterocycles. The summed E-state index contributed by atoms with van der Waals surface area (Å²) in [4.78, 5) is 6.42. The first-order valence-corrected chi connectivity index (χ1v) is 11.2. The smallest absolute Gasteiger partial charge is 0.379 e. The molecule has 8 heteroatoms. The minimum atomic E-state index is -4.41. The fraction of sp³-hybridized carbons (Fsp3) is 0.652. The van der Waals surface area contributed by atoms with Crippen LogP contribution in [0, 0.1) is 11.8 Å². The predicted molar refractivity (Wildman–Crippen MR) is 111 cm³/mol. The number of halogens is 3. The molecule has 0 N–H and O–H groups in total. The number of rotatable bonds is 4. The summed E-state index contributed by atoms with van der Waals surface area (Å²) in [6.45, 7) is 9.01. The van der Waals surface area contributed by atoms with Crippen LogP contribution in [0.2, 0.25) is 0 Å². The van der Waals surface area contributed by atoms with Crippen molar-refractivity contribution in [3.63, 3.8) is 0 Å². The van der Waals surface area contributed by atoms with Crippen LogP contribution in [-0.2, 0) is 10.9 Å². The molecule has 2 aromatic rings. The summed E-state index contributed by atoms with van der Waals surface area (Å²) in [6, 6.07) is 4.38. The highest BCUT2D eigenvalue weighted by Crippen LogP contribution is 2.64. The Morgan fingerprint density at radius 3 is 2.52 bits per heavy atom. The Kier molecular flexibility index (Phi) is 5.13.